The Morgan fingerprint density at radius 3 is 2.22 bits per heavy atom. The van der Waals surface area contributed by atoms with E-state index in [2.05, 4.69) is 30.1 Å². The van der Waals surface area contributed by atoms with E-state index in [9.17, 15) is 18.0 Å². The van der Waals surface area contributed by atoms with E-state index in [1.165, 1.54) is 25.3 Å². The lowest BCUT2D eigenvalue weighted by Gasteiger charge is -2.21. The molecule has 0 spiro atoms. The van der Waals surface area contributed by atoms with Crippen LogP contribution in [0.1, 0.15) is 40.7 Å². The van der Waals surface area contributed by atoms with Gasteiger partial charge in [0.25, 0.3) is 0 Å². The fourth-order valence-electron chi connectivity index (χ4n) is 4.79. The first kappa shape index (κ1) is 28.8. The summed E-state index contributed by atoms with van der Waals surface area (Å²) in [4.78, 5) is 29.4. The van der Waals surface area contributed by atoms with E-state index in [1.54, 1.807) is 37.9 Å². The van der Waals surface area contributed by atoms with Gasteiger partial charge in [0.1, 0.15) is 11.5 Å². The van der Waals surface area contributed by atoms with Crippen LogP contribution in [0.3, 0.4) is 0 Å². The maximum atomic E-state index is 13.2. The van der Waals surface area contributed by atoms with Crippen LogP contribution in [0.5, 0.6) is 5.75 Å². The zero-order chi connectivity index (χ0) is 27.3. The molecular formula is C28H39N3O5S. The van der Waals surface area contributed by atoms with Gasteiger partial charge in [-0.25, -0.2) is 8.42 Å². The van der Waals surface area contributed by atoms with Crippen LogP contribution >= 0.6 is 0 Å². The Kier molecular flexibility index (Phi) is 9.50. The predicted molar refractivity (Wildman–Crippen MR) is 144 cm³/mol. The second-order valence-corrected chi connectivity index (χ2v) is 12.0. The lowest BCUT2D eigenvalue weighted by molar-refractivity contribution is -0.132. The standard InChI is InChI=1S/C28H39N3O5S/c1-20-15-26(36-6)16-21(2)28(20)37(34,35)31(5)19-25(32)9-10-27(33)30(4)18-22-7-8-23-11-13-29(3)14-12-24(23)17-22/h7-8,15-17H,9-14,18-19H2,1-6H3. The van der Waals surface area contributed by atoms with Crippen LogP contribution in [0.4, 0.5) is 0 Å². The zero-order valence-corrected chi connectivity index (χ0v) is 23.7. The number of hydrogen-bond acceptors (Lipinski definition) is 6. The molecule has 0 saturated carbocycles. The number of carbonyl (C=O) groups is 2. The first-order chi connectivity index (χ1) is 17.4. The number of fused-ring (bicyclic) bond motifs is 1. The molecule has 0 atom stereocenters. The molecule has 202 valence electrons. The van der Waals surface area contributed by atoms with E-state index >= 15 is 0 Å². The van der Waals surface area contributed by atoms with Gasteiger partial charge < -0.3 is 14.5 Å². The van der Waals surface area contributed by atoms with Crippen LogP contribution in [0, 0.1) is 13.8 Å². The number of nitrogens with zero attached hydrogens (tertiary/aromatic N) is 3. The number of methoxy groups -OCH3 is 1. The van der Waals surface area contributed by atoms with Crippen molar-refractivity contribution in [1.29, 1.82) is 0 Å². The third-order valence-corrected chi connectivity index (χ3v) is 9.11. The summed E-state index contributed by atoms with van der Waals surface area (Å²) in [6.07, 6.45) is 2.06. The predicted octanol–water partition coefficient (Wildman–Crippen LogP) is 2.97. The highest BCUT2D eigenvalue weighted by Gasteiger charge is 2.27. The number of sulfonamides is 1. The summed E-state index contributed by atoms with van der Waals surface area (Å²) in [5, 5.41) is 0. The molecule has 1 heterocycles. The monoisotopic (exact) mass is 529 g/mol. The molecule has 9 heteroatoms. The van der Waals surface area contributed by atoms with Gasteiger partial charge in [0.15, 0.2) is 0 Å². The number of rotatable bonds is 10. The third-order valence-electron chi connectivity index (χ3n) is 7.00. The summed E-state index contributed by atoms with van der Waals surface area (Å²) >= 11 is 0. The maximum absolute atomic E-state index is 13.2. The van der Waals surface area contributed by atoms with Gasteiger partial charge in [-0.2, -0.15) is 4.31 Å². The number of likely N-dealkylation sites (N-methyl/N-ethyl adjacent to an activating group) is 2. The van der Waals surface area contributed by atoms with E-state index in [0.717, 1.165) is 35.8 Å². The SMILES string of the molecule is COc1cc(C)c(S(=O)(=O)N(C)CC(=O)CCC(=O)N(C)Cc2ccc3c(c2)CCN(C)CC3)c(C)c1. The molecule has 0 saturated heterocycles. The van der Waals surface area contributed by atoms with Gasteiger partial charge in [0.05, 0.1) is 18.6 Å². The summed E-state index contributed by atoms with van der Waals surface area (Å²) in [6.45, 7) is 5.66. The van der Waals surface area contributed by atoms with E-state index in [4.69, 9.17) is 4.74 Å². The molecule has 2 aromatic carbocycles. The van der Waals surface area contributed by atoms with Crippen LogP contribution in [0.25, 0.3) is 0 Å². The highest BCUT2D eigenvalue weighted by molar-refractivity contribution is 7.89. The summed E-state index contributed by atoms with van der Waals surface area (Å²) < 4.78 is 32.6. The lowest BCUT2D eigenvalue weighted by Crippen LogP contribution is -2.34. The van der Waals surface area contributed by atoms with Crippen molar-refractivity contribution >= 4 is 21.7 Å². The van der Waals surface area contributed by atoms with E-state index in [0.29, 0.717) is 23.4 Å². The summed E-state index contributed by atoms with van der Waals surface area (Å²) in [5.41, 5.74) is 4.88. The van der Waals surface area contributed by atoms with Crippen molar-refractivity contribution in [3.8, 4) is 5.75 Å². The Hall–Kier alpha value is -2.75. The summed E-state index contributed by atoms with van der Waals surface area (Å²) in [7, 11) is 2.91. The molecule has 0 N–H and O–H groups in total. The number of aryl methyl sites for hydroxylation is 2. The number of amides is 1. The van der Waals surface area contributed by atoms with Crippen LogP contribution in [-0.2, 0) is 39.0 Å². The molecule has 0 radical (unpaired) electrons. The first-order valence-corrected chi connectivity index (χ1v) is 14.0. The highest BCUT2D eigenvalue weighted by atomic mass is 32.2. The summed E-state index contributed by atoms with van der Waals surface area (Å²) in [5.74, 6) is 0.134. The van der Waals surface area contributed by atoms with Crippen molar-refractivity contribution in [3.05, 3.63) is 58.1 Å². The van der Waals surface area contributed by atoms with Crippen LogP contribution in [-0.4, -0.2) is 82.1 Å². The molecular weight excluding hydrogens is 490 g/mol. The quantitative estimate of drug-likeness (QED) is 0.470. The van der Waals surface area contributed by atoms with Gasteiger partial charge >= 0.3 is 0 Å². The smallest absolute Gasteiger partial charge is 0.243 e. The number of ketones is 1. The molecule has 1 amide bonds. The van der Waals surface area contributed by atoms with Gasteiger partial charge in [0.2, 0.25) is 15.9 Å². The van der Waals surface area contributed by atoms with Crippen molar-refractivity contribution in [2.45, 2.75) is 51.0 Å². The number of benzene rings is 2. The third kappa shape index (κ3) is 7.18. The number of carbonyl (C=O) groups excluding carboxylic acids is 2. The maximum Gasteiger partial charge on any atom is 0.243 e. The van der Waals surface area contributed by atoms with Crippen molar-refractivity contribution in [2.24, 2.45) is 0 Å². The van der Waals surface area contributed by atoms with Crippen molar-refractivity contribution in [3.63, 3.8) is 0 Å². The fourth-order valence-corrected chi connectivity index (χ4v) is 6.35. The second kappa shape index (κ2) is 12.2. The Morgan fingerprint density at radius 2 is 1.59 bits per heavy atom. The average Bonchev–Trinajstić information content (AvgIpc) is 3.02. The van der Waals surface area contributed by atoms with E-state index in [-0.39, 0.29) is 36.0 Å². The molecule has 2 aromatic rings. The molecule has 1 aliphatic rings. The molecule has 0 bridgehead atoms. The van der Waals surface area contributed by atoms with Gasteiger partial charge in [-0.1, -0.05) is 18.2 Å². The molecule has 0 aliphatic carbocycles. The first-order valence-electron chi connectivity index (χ1n) is 12.6. The van der Waals surface area contributed by atoms with E-state index in [1.807, 2.05) is 0 Å². The highest BCUT2D eigenvalue weighted by Crippen LogP contribution is 2.28. The van der Waals surface area contributed by atoms with Crippen molar-refractivity contribution < 1.29 is 22.7 Å². The second-order valence-electron chi connectivity index (χ2n) is 10.0. The Balaban J connectivity index is 1.55. The topological polar surface area (TPSA) is 87.2 Å². The number of ether oxygens (including phenoxy) is 1. The Morgan fingerprint density at radius 1 is 0.973 bits per heavy atom. The van der Waals surface area contributed by atoms with Gasteiger partial charge in [-0.3, -0.25) is 9.59 Å². The van der Waals surface area contributed by atoms with Crippen LogP contribution in [0.15, 0.2) is 35.2 Å². The molecule has 0 unspecified atom stereocenters. The zero-order valence-electron chi connectivity index (χ0n) is 22.8. The van der Waals surface area contributed by atoms with E-state index < -0.39 is 10.0 Å². The normalized spacial score (nSPS) is 14.2. The lowest BCUT2D eigenvalue weighted by atomic mass is 10.00. The number of hydrogen-bond donors (Lipinski definition) is 0. The van der Waals surface area contributed by atoms with Gasteiger partial charge in [-0.15, -0.1) is 0 Å². The Labute approximate surface area is 221 Å². The molecule has 0 fully saturated rings. The van der Waals surface area contributed by atoms with Crippen LogP contribution < -0.4 is 4.74 Å². The van der Waals surface area contributed by atoms with Crippen molar-refractivity contribution in [2.75, 3.05) is 47.9 Å². The molecule has 1 aliphatic heterocycles. The Bertz CT molecular complexity index is 1240. The minimum absolute atomic E-state index is 0.0138. The molecule has 0 aromatic heterocycles. The molecule has 37 heavy (non-hydrogen) atoms. The van der Waals surface area contributed by atoms with Crippen LogP contribution in [0.2, 0.25) is 0 Å². The van der Waals surface area contributed by atoms with Crippen molar-refractivity contribution in [1.82, 2.24) is 14.1 Å². The molecule has 3 rings (SSSR count). The fraction of sp³-hybridized carbons (Fsp3) is 0.500. The minimum Gasteiger partial charge on any atom is -0.497 e. The largest absolute Gasteiger partial charge is 0.497 e. The van der Waals surface area contributed by atoms with Gasteiger partial charge in [0, 0.05) is 46.6 Å². The number of Topliss-reactive ketones (excluding diaryl/α,β-unsaturated/α-hetero) is 1. The summed E-state index contributed by atoms with van der Waals surface area (Å²) in [6, 6.07) is 9.74. The average molecular weight is 530 g/mol. The van der Waals surface area contributed by atoms with Gasteiger partial charge in [-0.05, 0) is 73.7 Å². The minimum atomic E-state index is -3.87. The molecule has 8 nitrogen and oxygen atoms in total.